The topological polar surface area (TPSA) is 74.6 Å². The van der Waals surface area contributed by atoms with Crippen LogP contribution in [0.4, 0.5) is 0 Å². The van der Waals surface area contributed by atoms with Crippen molar-refractivity contribution in [1.29, 1.82) is 0 Å². The minimum absolute atomic E-state index is 0. The van der Waals surface area contributed by atoms with Crippen molar-refractivity contribution in [3.63, 3.8) is 0 Å². The number of carbonyl (C=O) groups is 2. The van der Waals surface area contributed by atoms with Crippen molar-refractivity contribution in [3.8, 4) is 0 Å². The molecule has 0 bridgehead atoms. The molecule has 0 aliphatic rings. The first kappa shape index (κ1) is 20.5. The Balaban J connectivity index is 0.000000403. The molecule has 2 N–H and O–H groups in total. The molecule has 0 spiro atoms. The molecule has 0 aliphatic carbocycles. The van der Waals surface area contributed by atoms with Crippen molar-refractivity contribution in [3.05, 3.63) is 83.9 Å². The van der Waals surface area contributed by atoms with Gasteiger partial charge in [0, 0.05) is 31.6 Å². The smallest absolute Gasteiger partial charge is 0.328 e. The molecule has 0 saturated carbocycles. The molecule has 1 radical (unpaired) electrons. The maximum atomic E-state index is 10.1. The first-order chi connectivity index (χ1) is 10.6. The molecule has 5 heteroatoms. The summed E-state index contributed by atoms with van der Waals surface area (Å²) >= 11 is 0. The summed E-state index contributed by atoms with van der Waals surface area (Å²) in [5.41, 5.74) is 1.80. The van der Waals surface area contributed by atoms with Crippen molar-refractivity contribution in [2.24, 2.45) is 0 Å². The van der Waals surface area contributed by atoms with Gasteiger partial charge in [0.15, 0.2) is 0 Å². The normalized spacial score (nSPS) is 9.74. The van der Waals surface area contributed by atoms with Gasteiger partial charge in [-0.2, -0.15) is 0 Å². The number of rotatable bonds is 4. The first-order valence-electron chi connectivity index (χ1n) is 6.50. The molecule has 0 amide bonds. The van der Waals surface area contributed by atoms with E-state index >= 15 is 0 Å². The largest absolute Gasteiger partial charge is 0.478 e. The summed E-state index contributed by atoms with van der Waals surface area (Å²) in [5.74, 6) is -1.84. The number of benzene rings is 2. The number of aliphatic carboxylic acids is 2. The maximum absolute atomic E-state index is 10.1. The van der Waals surface area contributed by atoms with E-state index in [1.807, 2.05) is 60.7 Å². The van der Waals surface area contributed by atoms with Gasteiger partial charge in [-0.05, 0) is 23.3 Å². The van der Waals surface area contributed by atoms with E-state index in [4.69, 9.17) is 10.2 Å². The third-order valence-electron chi connectivity index (χ3n) is 2.44. The maximum Gasteiger partial charge on any atom is 0.328 e. The Labute approximate surface area is 147 Å². The number of hydrogen-bond donors (Lipinski definition) is 2. The predicted molar refractivity (Wildman–Crippen MR) is 86.2 cm³/mol. The van der Waals surface area contributed by atoms with Crippen LogP contribution in [-0.2, 0) is 29.1 Å². The quantitative estimate of drug-likeness (QED) is 0.609. The summed E-state index contributed by atoms with van der Waals surface area (Å²) in [4.78, 5) is 20.2. The Hall–Kier alpha value is -2.52. The molecular formula is C18H16O4Rh. The van der Waals surface area contributed by atoms with Gasteiger partial charge >= 0.3 is 11.9 Å². The molecule has 23 heavy (non-hydrogen) atoms. The van der Waals surface area contributed by atoms with Gasteiger partial charge in [-0.3, -0.25) is 0 Å². The zero-order chi connectivity index (χ0) is 16.2. The van der Waals surface area contributed by atoms with Crippen molar-refractivity contribution < 1.29 is 39.3 Å². The molecule has 0 atom stereocenters. The summed E-state index contributed by atoms with van der Waals surface area (Å²) in [6, 6.07) is 18.6. The predicted octanol–water partition coefficient (Wildman–Crippen LogP) is 3.57. The molecular weight excluding hydrogens is 383 g/mol. The zero-order valence-corrected chi connectivity index (χ0v) is 13.8. The van der Waals surface area contributed by atoms with Gasteiger partial charge in [0.25, 0.3) is 0 Å². The second-order valence-electron chi connectivity index (χ2n) is 4.16. The minimum atomic E-state index is -0.922. The Morgan fingerprint density at radius 2 is 0.957 bits per heavy atom. The third kappa shape index (κ3) is 10.8. The summed E-state index contributed by atoms with van der Waals surface area (Å²) in [5, 5.41) is 16.6. The molecule has 0 heterocycles. The number of carboxylic acid groups (broad SMARTS) is 2. The average molecular weight is 399 g/mol. The molecule has 0 fully saturated rings. The molecule has 121 valence electrons. The Morgan fingerprint density at radius 1 is 0.652 bits per heavy atom. The number of carboxylic acids is 2. The van der Waals surface area contributed by atoms with E-state index in [-0.39, 0.29) is 19.5 Å². The van der Waals surface area contributed by atoms with Crippen LogP contribution in [0.5, 0.6) is 0 Å². The van der Waals surface area contributed by atoms with Crippen LogP contribution in [0.25, 0.3) is 12.2 Å². The fourth-order valence-corrected chi connectivity index (χ4v) is 1.46. The second kappa shape index (κ2) is 12.1. The van der Waals surface area contributed by atoms with Crippen LogP contribution in [0.1, 0.15) is 11.1 Å². The molecule has 2 rings (SSSR count). The molecule has 2 aromatic carbocycles. The summed E-state index contributed by atoms with van der Waals surface area (Å²) < 4.78 is 0. The molecule has 0 aromatic heterocycles. The van der Waals surface area contributed by atoms with Gasteiger partial charge in [-0.1, -0.05) is 60.7 Å². The van der Waals surface area contributed by atoms with E-state index < -0.39 is 11.9 Å². The first-order valence-corrected chi connectivity index (χ1v) is 6.50. The van der Waals surface area contributed by atoms with E-state index in [1.165, 1.54) is 0 Å². The standard InChI is InChI=1S/2C9H8O2.Rh/c2*10-9(11)7-6-8-4-2-1-3-5-8;/h2*1-7H,(H,10,11);/b2*7-6+;. The van der Waals surface area contributed by atoms with E-state index in [0.29, 0.717) is 0 Å². The fraction of sp³-hybridized carbons (Fsp3) is 0. The van der Waals surface area contributed by atoms with Crippen molar-refractivity contribution in [2.45, 2.75) is 0 Å². The molecule has 2 aromatic rings. The van der Waals surface area contributed by atoms with Crippen molar-refractivity contribution >= 4 is 24.1 Å². The van der Waals surface area contributed by atoms with E-state index in [2.05, 4.69) is 0 Å². The summed E-state index contributed by atoms with van der Waals surface area (Å²) in [7, 11) is 0. The fourth-order valence-electron chi connectivity index (χ4n) is 1.46. The second-order valence-corrected chi connectivity index (χ2v) is 4.16. The van der Waals surface area contributed by atoms with Gasteiger partial charge in [0.2, 0.25) is 0 Å². The van der Waals surface area contributed by atoms with Gasteiger partial charge in [-0.25, -0.2) is 9.59 Å². The van der Waals surface area contributed by atoms with Gasteiger partial charge in [0.05, 0.1) is 0 Å². The number of hydrogen-bond acceptors (Lipinski definition) is 2. The monoisotopic (exact) mass is 399 g/mol. The van der Waals surface area contributed by atoms with E-state index in [1.54, 1.807) is 12.2 Å². The zero-order valence-electron chi connectivity index (χ0n) is 12.1. The van der Waals surface area contributed by atoms with Crippen LogP contribution in [0.3, 0.4) is 0 Å². The van der Waals surface area contributed by atoms with Crippen LogP contribution in [0.15, 0.2) is 72.8 Å². The molecule has 4 nitrogen and oxygen atoms in total. The summed E-state index contributed by atoms with van der Waals surface area (Å²) in [6.45, 7) is 0. The van der Waals surface area contributed by atoms with Crippen LogP contribution in [-0.4, -0.2) is 22.2 Å². The van der Waals surface area contributed by atoms with Gasteiger partial charge < -0.3 is 10.2 Å². The molecule has 0 saturated heterocycles. The third-order valence-corrected chi connectivity index (χ3v) is 2.44. The van der Waals surface area contributed by atoms with E-state index in [0.717, 1.165) is 23.3 Å². The summed E-state index contributed by atoms with van der Waals surface area (Å²) in [6.07, 6.45) is 5.36. The molecule has 0 aliphatic heterocycles. The van der Waals surface area contributed by atoms with Gasteiger partial charge in [0.1, 0.15) is 0 Å². The van der Waals surface area contributed by atoms with E-state index in [9.17, 15) is 9.59 Å². The molecule has 0 unspecified atom stereocenters. The van der Waals surface area contributed by atoms with Crippen LogP contribution < -0.4 is 0 Å². The van der Waals surface area contributed by atoms with Crippen LogP contribution >= 0.6 is 0 Å². The van der Waals surface area contributed by atoms with Crippen LogP contribution in [0, 0.1) is 0 Å². The van der Waals surface area contributed by atoms with Gasteiger partial charge in [-0.15, -0.1) is 0 Å². The van der Waals surface area contributed by atoms with Crippen LogP contribution in [0.2, 0.25) is 0 Å². The van der Waals surface area contributed by atoms with Crippen molar-refractivity contribution in [1.82, 2.24) is 0 Å². The Morgan fingerprint density at radius 3 is 1.22 bits per heavy atom. The average Bonchev–Trinajstić information content (AvgIpc) is 2.53. The Kier molecular flexibility index (Phi) is 10.7. The Bertz CT molecular complexity index is 590. The SMILES string of the molecule is O=C(O)/C=C/c1ccccc1.O=C(O)/C=C/c1ccccc1.[Rh]. The van der Waals surface area contributed by atoms with Crippen molar-refractivity contribution in [2.75, 3.05) is 0 Å². The minimum Gasteiger partial charge on any atom is -0.478 e.